The van der Waals surface area contributed by atoms with E-state index >= 15 is 0 Å². The number of carbonyl (C=O) groups excluding carboxylic acids is 1. The summed E-state index contributed by atoms with van der Waals surface area (Å²) in [6, 6.07) is 15.0. The van der Waals surface area contributed by atoms with Gasteiger partial charge in [0.05, 0.1) is 11.4 Å². The zero-order chi connectivity index (χ0) is 21.1. The first kappa shape index (κ1) is 20.6. The predicted octanol–water partition coefficient (Wildman–Crippen LogP) is 4.07. The Kier molecular flexibility index (Phi) is 5.90. The Morgan fingerprint density at radius 1 is 1.10 bits per heavy atom. The molecule has 1 aromatic heterocycles. The van der Waals surface area contributed by atoms with Crippen LogP contribution in [0.25, 0.3) is 11.3 Å². The number of hydrogen-bond acceptors (Lipinski definition) is 6. The lowest BCUT2D eigenvalue weighted by molar-refractivity contribution is 0.100. The van der Waals surface area contributed by atoms with Crippen molar-refractivity contribution >= 4 is 33.3 Å². The lowest BCUT2D eigenvalue weighted by Crippen LogP contribution is -2.28. The van der Waals surface area contributed by atoms with E-state index in [4.69, 9.17) is 16.1 Å². The summed E-state index contributed by atoms with van der Waals surface area (Å²) in [5.74, 6) is 0.0899. The van der Waals surface area contributed by atoms with Gasteiger partial charge in [0.2, 0.25) is 15.9 Å². The molecular formula is C21H20ClN3O4S. The minimum absolute atomic E-state index is 0.0531. The summed E-state index contributed by atoms with van der Waals surface area (Å²) in [6.07, 6.45) is 1.72. The molecule has 156 valence electrons. The fourth-order valence-electron chi connectivity index (χ4n) is 3.29. The minimum atomic E-state index is -3.57. The summed E-state index contributed by atoms with van der Waals surface area (Å²) in [6.45, 7) is 0.982. The summed E-state index contributed by atoms with van der Waals surface area (Å²) in [5.41, 5.74) is 1.77. The molecule has 0 amide bonds. The van der Waals surface area contributed by atoms with Crippen molar-refractivity contribution in [2.24, 2.45) is 0 Å². The Morgan fingerprint density at radius 3 is 2.57 bits per heavy atom. The second-order valence-corrected chi connectivity index (χ2v) is 9.37. The van der Waals surface area contributed by atoms with Gasteiger partial charge in [0.1, 0.15) is 5.69 Å². The number of ketones is 1. The van der Waals surface area contributed by atoms with Crippen molar-refractivity contribution in [3.05, 3.63) is 65.2 Å². The Morgan fingerprint density at radius 2 is 1.83 bits per heavy atom. The number of anilines is 1. The number of Topliss-reactive ketones (excluding diaryl/α,β-unsaturated/α-hetero) is 1. The fourth-order valence-corrected chi connectivity index (χ4v) is 4.98. The summed E-state index contributed by atoms with van der Waals surface area (Å²) in [7, 11) is -3.57. The number of halogens is 1. The lowest BCUT2D eigenvalue weighted by atomic mass is 10.1. The molecule has 9 heteroatoms. The van der Waals surface area contributed by atoms with Crippen LogP contribution >= 0.6 is 11.6 Å². The van der Waals surface area contributed by atoms with Crippen molar-refractivity contribution in [3.8, 4) is 11.3 Å². The van der Waals surface area contributed by atoms with E-state index < -0.39 is 10.0 Å². The summed E-state index contributed by atoms with van der Waals surface area (Å²) < 4.78 is 32.1. The minimum Gasteiger partial charge on any atom is -0.347 e. The molecule has 0 saturated carbocycles. The van der Waals surface area contributed by atoms with Crippen LogP contribution in [0.5, 0.6) is 0 Å². The number of hydrogen-bond donors (Lipinski definition) is 1. The normalized spacial score (nSPS) is 14.7. The maximum Gasteiger partial charge on any atom is 0.243 e. The largest absolute Gasteiger partial charge is 0.347 e. The lowest BCUT2D eigenvalue weighted by Gasteiger charge is -2.15. The van der Waals surface area contributed by atoms with Crippen molar-refractivity contribution in [1.29, 1.82) is 0 Å². The summed E-state index contributed by atoms with van der Waals surface area (Å²) in [5, 5.41) is 7.50. The second kappa shape index (κ2) is 8.59. The van der Waals surface area contributed by atoms with E-state index in [1.807, 2.05) is 12.1 Å². The van der Waals surface area contributed by atoms with Crippen LogP contribution in [0.3, 0.4) is 0 Å². The molecule has 0 spiro atoms. The molecule has 1 aliphatic rings. The molecule has 3 aromatic rings. The van der Waals surface area contributed by atoms with Gasteiger partial charge in [0, 0.05) is 35.3 Å². The van der Waals surface area contributed by atoms with Crippen molar-refractivity contribution in [3.63, 3.8) is 0 Å². The Balaban J connectivity index is 1.43. The topological polar surface area (TPSA) is 92.5 Å². The third-order valence-corrected chi connectivity index (χ3v) is 7.08. The number of nitrogens with zero attached hydrogens (tertiary/aromatic N) is 2. The molecule has 2 aromatic carbocycles. The van der Waals surface area contributed by atoms with Gasteiger partial charge in [0.25, 0.3) is 0 Å². The first-order chi connectivity index (χ1) is 14.4. The molecule has 7 nitrogen and oxygen atoms in total. The van der Waals surface area contributed by atoms with Gasteiger partial charge in [-0.05, 0) is 37.1 Å². The monoisotopic (exact) mass is 445 g/mol. The predicted molar refractivity (Wildman–Crippen MR) is 114 cm³/mol. The van der Waals surface area contributed by atoms with Crippen LogP contribution < -0.4 is 5.32 Å². The number of carbonyl (C=O) groups is 1. The van der Waals surface area contributed by atoms with Gasteiger partial charge in [-0.25, -0.2) is 8.42 Å². The van der Waals surface area contributed by atoms with Crippen LogP contribution in [0.1, 0.15) is 23.2 Å². The van der Waals surface area contributed by atoms with E-state index in [0.717, 1.165) is 18.4 Å². The standard InChI is InChI=1S/C21H20ClN3O4S/c22-17-8-6-15(7-9-17)19-13-21(29-24-19)23-14-20(26)16-4-3-5-18(12-16)30(27,28)25-10-1-2-11-25/h3-9,12-13,23H,1-2,10-11,14H2. The number of benzene rings is 2. The average Bonchev–Trinajstić information content (AvgIpc) is 3.45. The Labute approximate surface area is 179 Å². The van der Waals surface area contributed by atoms with Gasteiger partial charge in [-0.1, -0.05) is 41.0 Å². The van der Waals surface area contributed by atoms with Crippen LogP contribution in [-0.4, -0.2) is 43.3 Å². The van der Waals surface area contributed by atoms with E-state index in [0.29, 0.717) is 35.3 Å². The van der Waals surface area contributed by atoms with Gasteiger partial charge in [-0.15, -0.1) is 0 Å². The number of sulfonamides is 1. The van der Waals surface area contributed by atoms with Crippen LogP contribution in [0.15, 0.2) is 64.0 Å². The smallest absolute Gasteiger partial charge is 0.243 e. The van der Waals surface area contributed by atoms with Crippen LogP contribution in [0, 0.1) is 0 Å². The van der Waals surface area contributed by atoms with E-state index in [9.17, 15) is 13.2 Å². The molecule has 30 heavy (non-hydrogen) atoms. The maximum absolute atomic E-state index is 12.7. The molecule has 1 saturated heterocycles. The van der Waals surface area contributed by atoms with E-state index in [2.05, 4.69) is 10.5 Å². The molecule has 0 bridgehead atoms. The van der Waals surface area contributed by atoms with Gasteiger partial charge in [-0.3, -0.25) is 4.79 Å². The van der Waals surface area contributed by atoms with Crippen LogP contribution in [0.4, 0.5) is 5.88 Å². The average molecular weight is 446 g/mol. The zero-order valence-corrected chi connectivity index (χ0v) is 17.6. The Hall–Kier alpha value is -2.68. The highest BCUT2D eigenvalue weighted by molar-refractivity contribution is 7.89. The number of rotatable bonds is 7. The Bertz CT molecular complexity index is 1150. The molecule has 0 atom stereocenters. The molecule has 1 fully saturated rings. The molecule has 4 rings (SSSR count). The third kappa shape index (κ3) is 4.40. The van der Waals surface area contributed by atoms with Gasteiger partial charge < -0.3 is 9.84 Å². The highest BCUT2D eigenvalue weighted by atomic mass is 35.5. The number of nitrogens with one attached hydrogen (secondary N) is 1. The SMILES string of the molecule is O=C(CNc1cc(-c2ccc(Cl)cc2)no1)c1cccc(S(=O)(=O)N2CCCC2)c1. The first-order valence-corrected chi connectivity index (χ1v) is 11.4. The molecule has 2 heterocycles. The van der Waals surface area contributed by atoms with E-state index in [1.54, 1.807) is 30.3 Å². The summed E-state index contributed by atoms with van der Waals surface area (Å²) in [4.78, 5) is 12.7. The fraction of sp³-hybridized carbons (Fsp3) is 0.238. The molecule has 0 aliphatic carbocycles. The van der Waals surface area contributed by atoms with Crippen LogP contribution in [-0.2, 0) is 10.0 Å². The molecule has 1 N–H and O–H groups in total. The molecular weight excluding hydrogens is 426 g/mol. The third-order valence-electron chi connectivity index (χ3n) is 4.93. The molecule has 0 unspecified atom stereocenters. The second-order valence-electron chi connectivity index (χ2n) is 7.00. The first-order valence-electron chi connectivity index (χ1n) is 9.53. The number of aromatic nitrogens is 1. The van der Waals surface area contributed by atoms with Crippen molar-refractivity contribution < 1.29 is 17.7 Å². The highest BCUT2D eigenvalue weighted by Gasteiger charge is 2.27. The quantitative estimate of drug-likeness (QED) is 0.551. The van der Waals surface area contributed by atoms with E-state index in [-0.39, 0.29) is 17.2 Å². The van der Waals surface area contributed by atoms with Crippen molar-refractivity contribution in [2.75, 3.05) is 25.0 Å². The van der Waals surface area contributed by atoms with Gasteiger partial charge in [-0.2, -0.15) is 4.31 Å². The summed E-state index contributed by atoms with van der Waals surface area (Å²) >= 11 is 5.89. The van der Waals surface area contributed by atoms with Gasteiger partial charge in [0.15, 0.2) is 5.78 Å². The molecule has 0 radical (unpaired) electrons. The zero-order valence-electron chi connectivity index (χ0n) is 16.0. The van der Waals surface area contributed by atoms with Gasteiger partial charge >= 0.3 is 0 Å². The van der Waals surface area contributed by atoms with Crippen LogP contribution in [0.2, 0.25) is 5.02 Å². The maximum atomic E-state index is 12.7. The van der Waals surface area contributed by atoms with E-state index in [1.165, 1.54) is 16.4 Å². The van der Waals surface area contributed by atoms with Crippen molar-refractivity contribution in [1.82, 2.24) is 9.46 Å². The van der Waals surface area contributed by atoms with Crippen molar-refractivity contribution in [2.45, 2.75) is 17.7 Å². The highest BCUT2D eigenvalue weighted by Crippen LogP contribution is 2.24. The molecule has 1 aliphatic heterocycles.